The average molecular weight is 272 g/mol. The van der Waals surface area contributed by atoms with Crippen LogP contribution in [0.2, 0.25) is 0 Å². The fraction of sp³-hybridized carbons (Fsp3) is 0.867. The van der Waals surface area contributed by atoms with Gasteiger partial charge in [-0.15, -0.1) is 0 Å². The van der Waals surface area contributed by atoms with Crippen LogP contribution in [0.4, 0.5) is 0 Å². The second-order valence-corrected chi connectivity index (χ2v) is 6.11. The summed E-state index contributed by atoms with van der Waals surface area (Å²) in [6.45, 7) is 12.7. The largest absolute Gasteiger partial charge is 0.381 e. The number of hydrogen-bond acceptors (Lipinski definition) is 4. The number of carbonyl (C=O) groups excluding carboxylic acids is 2. The van der Waals surface area contributed by atoms with Crippen LogP contribution in [0, 0.1) is 10.8 Å². The van der Waals surface area contributed by atoms with Crippen LogP contribution in [0.3, 0.4) is 0 Å². The van der Waals surface area contributed by atoms with E-state index in [0.29, 0.717) is 26.4 Å². The minimum Gasteiger partial charge on any atom is -0.381 e. The standard InChI is InChI=1S/C15H28O4/c1-7-18-10-15(6,11-19-8-2)13(17)9-12(16)14(3,4)5/h7-11H2,1-6H3. The third-order valence-electron chi connectivity index (χ3n) is 3.08. The molecule has 0 atom stereocenters. The Morgan fingerprint density at radius 2 is 1.26 bits per heavy atom. The van der Waals surface area contributed by atoms with E-state index in [2.05, 4.69) is 0 Å². The zero-order chi connectivity index (χ0) is 15.1. The van der Waals surface area contributed by atoms with Crippen molar-refractivity contribution in [3.8, 4) is 0 Å². The number of rotatable bonds is 9. The number of hydrogen-bond donors (Lipinski definition) is 0. The second-order valence-electron chi connectivity index (χ2n) is 6.11. The van der Waals surface area contributed by atoms with E-state index in [1.165, 1.54) is 0 Å². The molecule has 0 spiro atoms. The van der Waals surface area contributed by atoms with E-state index < -0.39 is 10.8 Å². The van der Waals surface area contributed by atoms with Crippen LogP contribution >= 0.6 is 0 Å². The van der Waals surface area contributed by atoms with Crippen LogP contribution in [-0.4, -0.2) is 38.0 Å². The maximum absolute atomic E-state index is 12.4. The highest BCUT2D eigenvalue weighted by molar-refractivity contribution is 6.03. The first kappa shape index (κ1) is 18.3. The Hall–Kier alpha value is -0.740. The van der Waals surface area contributed by atoms with Crippen molar-refractivity contribution < 1.29 is 19.1 Å². The molecule has 19 heavy (non-hydrogen) atoms. The summed E-state index contributed by atoms with van der Waals surface area (Å²) < 4.78 is 10.7. The van der Waals surface area contributed by atoms with E-state index in [4.69, 9.17) is 9.47 Å². The van der Waals surface area contributed by atoms with Crippen LogP contribution in [0.1, 0.15) is 48.0 Å². The number of Topliss-reactive ketones (excluding diaryl/α,β-unsaturated/α-hetero) is 2. The van der Waals surface area contributed by atoms with Gasteiger partial charge in [-0.05, 0) is 20.8 Å². The van der Waals surface area contributed by atoms with Gasteiger partial charge in [0.05, 0.1) is 25.0 Å². The monoisotopic (exact) mass is 272 g/mol. The third kappa shape index (κ3) is 6.30. The van der Waals surface area contributed by atoms with Crippen molar-refractivity contribution in [2.75, 3.05) is 26.4 Å². The fourth-order valence-corrected chi connectivity index (χ4v) is 1.48. The summed E-state index contributed by atoms with van der Waals surface area (Å²) in [4.78, 5) is 24.3. The smallest absolute Gasteiger partial charge is 0.150 e. The lowest BCUT2D eigenvalue weighted by atomic mass is 9.80. The van der Waals surface area contributed by atoms with Crippen LogP contribution in [0.15, 0.2) is 0 Å². The molecule has 0 bridgehead atoms. The molecule has 0 fully saturated rings. The van der Waals surface area contributed by atoms with E-state index in [0.717, 1.165) is 0 Å². The maximum Gasteiger partial charge on any atom is 0.150 e. The average Bonchev–Trinajstić information content (AvgIpc) is 2.32. The lowest BCUT2D eigenvalue weighted by Crippen LogP contribution is -2.40. The summed E-state index contributed by atoms with van der Waals surface area (Å²) in [5, 5.41) is 0. The van der Waals surface area contributed by atoms with E-state index in [1.807, 2.05) is 34.6 Å². The topological polar surface area (TPSA) is 52.6 Å². The molecule has 4 heteroatoms. The number of ether oxygens (including phenoxy) is 2. The molecule has 0 saturated carbocycles. The Balaban J connectivity index is 4.75. The molecule has 0 amide bonds. The Labute approximate surface area is 116 Å². The summed E-state index contributed by atoms with van der Waals surface area (Å²) in [6.07, 6.45) is -0.0554. The Morgan fingerprint density at radius 1 is 0.842 bits per heavy atom. The number of carbonyl (C=O) groups is 2. The minimum atomic E-state index is -0.743. The van der Waals surface area contributed by atoms with Crippen LogP contribution in [-0.2, 0) is 19.1 Å². The van der Waals surface area contributed by atoms with Gasteiger partial charge in [0.15, 0.2) is 5.78 Å². The molecule has 0 radical (unpaired) electrons. The van der Waals surface area contributed by atoms with Gasteiger partial charge in [0.25, 0.3) is 0 Å². The van der Waals surface area contributed by atoms with Crippen molar-refractivity contribution in [3.63, 3.8) is 0 Å². The molecule has 0 N–H and O–H groups in total. The van der Waals surface area contributed by atoms with E-state index in [-0.39, 0.29) is 18.0 Å². The highest BCUT2D eigenvalue weighted by Gasteiger charge is 2.36. The molecule has 0 unspecified atom stereocenters. The van der Waals surface area contributed by atoms with Gasteiger partial charge in [0, 0.05) is 18.6 Å². The molecule has 0 rings (SSSR count). The third-order valence-corrected chi connectivity index (χ3v) is 3.08. The first-order valence-electron chi connectivity index (χ1n) is 6.89. The minimum absolute atomic E-state index is 0.0447. The predicted octanol–water partition coefficient (Wildman–Crippen LogP) is 2.64. The normalized spacial score (nSPS) is 12.5. The van der Waals surface area contributed by atoms with Crippen molar-refractivity contribution in [3.05, 3.63) is 0 Å². The van der Waals surface area contributed by atoms with Gasteiger partial charge in [-0.1, -0.05) is 20.8 Å². The molecule has 0 aromatic carbocycles. The molecule has 0 heterocycles. The first-order chi connectivity index (χ1) is 8.67. The quantitative estimate of drug-likeness (QED) is 0.605. The van der Waals surface area contributed by atoms with Gasteiger partial charge in [-0.3, -0.25) is 9.59 Å². The van der Waals surface area contributed by atoms with Crippen LogP contribution < -0.4 is 0 Å². The van der Waals surface area contributed by atoms with Gasteiger partial charge in [0.1, 0.15) is 5.78 Å². The summed E-state index contributed by atoms with van der Waals surface area (Å²) in [6, 6.07) is 0. The SMILES string of the molecule is CCOCC(C)(COCC)C(=O)CC(=O)C(C)(C)C. The lowest BCUT2D eigenvalue weighted by molar-refractivity contribution is -0.141. The Bertz CT molecular complexity index is 294. The van der Waals surface area contributed by atoms with Gasteiger partial charge in [0.2, 0.25) is 0 Å². The Kier molecular flexibility index (Phi) is 7.45. The molecule has 0 aliphatic heterocycles. The van der Waals surface area contributed by atoms with Gasteiger partial charge >= 0.3 is 0 Å². The fourth-order valence-electron chi connectivity index (χ4n) is 1.48. The summed E-state index contributed by atoms with van der Waals surface area (Å²) in [5.74, 6) is -0.147. The molecular formula is C15H28O4. The van der Waals surface area contributed by atoms with Crippen LogP contribution in [0.25, 0.3) is 0 Å². The molecule has 0 aliphatic rings. The molecule has 4 nitrogen and oxygen atoms in total. The summed E-state index contributed by atoms with van der Waals surface area (Å²) in [5.41, 5.74) is -1.24. The lowest BCUT2D eigenvalue weighted by Gasteiger charge is -2.28. The second kappa shape index (κ2) is 7.75. The van der Waals surface area contributed by atoms with Crippen LogP contribution in [0.5, 0.6) is 0 Å². The van der Waals surface area contributed by atoms with Gasteiger partial charge in [-0.2, -0.15) is 0 Å². The van der Waals surface area contributed by atoms with Gasteiger partial charge < -0.3 is 9.47 Å². The van der Waals surface area contributed by atoms with Crippen molar-refractivity contribution in [2.45, 2.75) is 48.0 Å². The van der Waals surface area contributed by atoms with Crippen molar-refractivity contribution >= 4 is 11.6 Å². The zero-order valence-corrected chi connectivity index (χ0v) is 13.2. The predicted molar refractivity (Wildman–Crippen MR) is 75.2 cm³/mol. The van der Waals surface area contributed by atoms with E-state index in [1.54, 1.807) is 6.92 Å². The number of ketones is 2. The molecule has 0 aliphatic carbocycles. The van der Waals surface area contributed by atoms with Gasteiger partial charge in [-0.25, -0.2) is 0 Å². The first-order valence-corrected chi connectivity index (χ1v) is 6.89. The highest BCUT2D eigenvalue weighted by Crippen LogP contribution is 2.25. The van der Waals surface area contributed by atoms with Crippen molar-refractivity contribution in [1.29, 1.82) is 0 Å². The molecular weight excluding hydrogens is 244 g/mol. The Morgan fingerprint density at radius 3 is 1.58 bits per heavy atom. The molecule has 0 aromatic heterocycles. The van der Waals surface area contributed by atoms with Crippen molar-refractivity contribution in [2.24, 2.45) is 10.8 Å². The van der Waals surface area contributed by atoms with E-state index in [9.17, 15) is 9.59 Å². The maximum atomic E-state index is 12.4. The molecule has 112 valence electrons. The molecule has 0 aromatic rings. The highest BCUT2D eigenvalue weighted by atomic mass is 16.5. The summed E-state index contributed by atoms with van der Waals surface area (Å²) >= 11 is 0. The molecule has 0 saturated heterocycles. The van der Waals surface area contributed by atoms with Crippen molar-refractivity contribution in [1.82, 2.24) is 0 Å². The van der Waals surface area contributed by atoms with E-state index >= 15 is 0 Å². The summed E-state index contributed by atoms with van der Waals surface area (Å²) in [7, 11) is 0. The zero-order valence-electron chi connectivity index (χ0n) is 13.2.